The molecule has 6 heteroatoms. The molecule has 1 aromatic heterocycles. The average Bonchev–Trinajstić information content (AvgIpc) is 2.72. The van der Waals surface area contributed by atoms with Crippen LogP contribution in [0.3, 0.4) is 0 Å². The maximum absolute atomic E-state index is 12.8. The van der Waals surface area contributed by atoms with E-state index in [1.165, 1.54) is 0 Å². The van der Waals surface area contributed by atoms with Crippen molar-refractivity contribution in [3.05, 3.63) is 22.5 Å². The first kappa shape index (κ1) is 16.7. The Hall–Kier alpha value is -2.11. The number of nitrogens with one attached hydrogen (secondary N) is 2. The van der Waals surface area contributed by atoms with Crippen molar-refractivity contribution in [3.63, 3.8) is 0 Å². The summed E-state index contributed by atoms with van der Waals surface area (Å²) in [5, 5.41) is 12.5. The minimum Gasteiger partial charge on any atom is -0.480 e. The van der Waals surface area contributed by atoms with Gasteiger partial charge in [0.1, 0.15) is 11.2 Å². The molecule has 0 saturated heterocycles. The normalized spacial score (nSPS) is 20.1. The summed E-state index contributed by atoms with van der Waals surface area (Å²) >= 11 is 0. The number of carbonyl (C=O) groups excluding carboxylic acids is 2. The molecule has 1 fully saturated rings. The quantitative estimate of drug-likeness (QED) is 0.741. The third kappa shape index (κ3) is 2.85. The van der Waals surface area contributed by atoms with Gasteiger partial charge in [0.05, 0.1) is 0 Å². The zero-order chi connectivity index (χ0) is 17.3. The highest BCUT2D eigenvalue weighted by molar-refractivity contribution is 6.05. The fourth-order valence-corrected chi connectivity index (χ4v) is 4.01. The van der Waals surface area contributed by atoms with Gasteiger partial charge in [-0.2, -0.15) is 0 Å². The van der Waals surface area contributed by atoms with Gasteiger partial charge in [-0.3, -0.25) is 9.59 Å². The highest BCUT2D eigenvalue weighted by Gasteiger charge is 2.41. The highest BCUT2D eigenvalue weighted by Crippen LogP contribution is 2.30. The lowest BCUT2D eigenvalue weighted by Crippen LogP contribution is -2.54. The van der Waals surface area contributed by atoms with E-state index in [4.69, 9.17) is 0 Å². The lowest BCUT2D eigenvalue weighted by molar-refractivity contribution is -0.145. The summed E-state index contributed by atoms with van der Waals surface area (Å²) in [6.07, 6.45) is 6.52. The van der Waals surface area contributed by atoms with Crippen LogP contribution in [0.1, 0.15) is 83.5 Å². The lowest BCUT2D eigenvalue weighted by Gasteiger charge is -2.29. The second-order valence-electron chi connectivity index (χ2n) is 7.01. The van der Waals surface area contributed by atoms with Crippen LogP contribution in [0.15, 0.2) is 0 Å². The second-order valence-corrected chi connectivity index (χ2v) is 7.01. The topological polar surface area (TPSA) is 99.3 Å². The van der Waals surface area contributed by atoms with Gasteiger partial charge >= 0.3 is 5.97 Å². The van der Waals surface area contributed by atoms with Crippen LogP contribution in [0, 0.1) is 6.92 Å². The molecule has 0 atom stereocenters. The van der Waals surface area contributed by atoms with Crippen LogP contribution >= 0.6 is 0 Å². The summed E-state index contributed by atoms with van der Waals surface area (Å²) in [6.45, 7) is 1.76. The van der Waals surface area contributed by atoms with Crippen LogP contribution in [-0.4, -0.2) is 33.3 Å². The van der Waals surface area contributed by atoms with Gasteiger partial charge in [0.15, 0.2) is 5.78 Å². The molecule has 1 saturated carbocycles. The zero-order valence-electron chi connectivity index (χ0n) is 14.0. The summed E-state index contributed by atoms with van der Waals surface area (Å²) in [6, 6.07) is 0. The fourth-order valence-electron chi connectivity index (χ4n) is 4.01. The monoisotopic (exact) mass is 332 g/mol. The maximum Gasteiger partial charge on any atom is 0.329 e. The molecule has 6 nitrogen and oxygen atoms in total. The SMILES string of the molecule is Cc1c(C(=O)NC2(C(=O)O)CCCCCC2)[nH]c2c1C(=O)CCC2. The Morgan fingerprint density at radius 2 is 1.75 bits per heavy atom. The van der Waals surface area contributed by atoms with E-state index in [0.29, 0.717) is 36.1 Å². The number of carboxylic acids is 1. The molecular formula is C18H24N2O4. The van der Waals surface area contributed by atoms with E-state index >= 15 is 0 Å². The molecule has 0 unspecified atom stereocenters. The van der Waals surface area contributed by atoms with Crippen LogP contribution in [-0.2, 0) is 11.2 Å². The van der Waals surface area contributed by atoms with Crippen molar-refractivity contribution in [2.24, 2.45) is 0 Å². The molecule has 0 spiro atoms. The number of hydrogen-bond acceptors (Lipinski definition) is 3. The summed E-state index contributed by atoms with van der Waals surface area (Å²) in [5.74, 6) is -1.33. The lowest BCUT2D eigenvalue weighted by atomic mass is 9.89. The Morgan fingerprint density at radius 1 is 1.08 bits per heavy atom. The number of rotatable bonds is 3. The van der Waals surface area contributed by atoms with Gasteiger partial charge in [-0.15, -0.1) is 0 Å². The fraction of sp³-hybridized carbons (Fsp3) is 0.611. The summed E-state index contributed by atoms with van der Waals surface area (Å²) in [7, 11) is 0. The number of carboxylic acid groups (broad SMARTS) is 1. The van der Waals surface area contributed by atoms with Crippen LogP contribution in [0.4, 0.5) is 0 Å². The van der Waals surface area contributed by atoms with E-state index in [-0.39, 0.29) is 5.78 Å². The maximum atomic E-state index is 12.8. The number of aromatic amines is 1. The first-order valence-corrected chi connectivity index (χ1v) is 8.75. The molecule has 3 N–H and O–H groups in total. The summed E-state index contributed by atoms with van der Waals surface area (Å²) in [4.78, 5) is 39.8. The van der Waals surface area contributed by atoms with Gasteiger partial charge in [0.25, 0.3) is 5.91 Å². The van der Waals surface area contributed by atoms with E-state index in [1.807, 2.05) is 0 Å². The van der Waals surface area contributed by atoms with Crippen LogP contribution in [0.25, 0.3) is 0 Å². The van der Waals surface area contributed by atoms with Crippen LogP contribution < -0.4 is 5.32 Å². The Balaban J connectivity index is 1.89. The van der Waals surface area contributed by atoms with Gasteiger partial charge in [-0.05, 0) is 38.2 Å². The average molecular weight is 332 g/mol. The van der Waals surface area contributed by atoms with Crippen molar-refractivity contribution in [3.8, 4) is 0 Å². The van der Waals surface area contributed by atoms with Gasteiger partial charge in [0, 0.05) is 17.7 Å². The van der Waals surface area contributed by atoms with Crippen molar-refractivity contribution in [1.29, 1.82) is 0 Å². The van der Waals surface area contributed by atoms with Crippen LogP contribution in [0.2, 0.25) is 0 Å². The molecule has 3 rings (SSSR count). The second kappa shape index (κ2) is 6.42. The van der Waals surface area contributed by atoms with Gasteiger partial charge in [0.2, 0.25) is 0 Å². The molecule has 2 aliphatic rings. The van der Waals surface area contributed by atoms with E-state index in [1.54, 1.807) is 6.92 Å². The first-order chi connectivity index (χ1) is 11.4. The van der Waals surface area contributed by atoms with Crippen molar-refractivity contribution in [1.82, 2.24) is 10.3 Å². The molecule has 0 bridgehead atoms. The van der Waals surface area contributed by atoms with Gasteiger partial charge < -0.3 is 15.4 Å². The molecule has 1 aromatic rings. The number of carbonyl (C=O) groups is 3. The number of ketones is 1. The standard InChI is InChI=1S/C18H24N2O4/c1-11-14-12(7-6-8-13(14)21)19-15(11)16(22)20-18(17(23)24)9-4-2-3-5-10-18/h19H,2-10H2,1H3,(H,20,22)(H,23,24). The van der Waals surface area contributed by atoms with E-state index in [2.05, 4.69) is 10.3 Å². The van der Waals surface area contributed by atoms with Crippen LogP contribution in [0.5, 0.6) is 0 Å². The van der Waals surface area contributed by atoms with Crippen molar-refractivity contribution >= 4 is 17.7 Å². The molecule has 0 radical (unpaired) electrons. The largest absolute Gasteiger partial charge is 0.480 e. The molecule has 0 aliphatic heterocycles. The van der Waals surface area contributed by atoms with E-state index in [9.17, 15) is 19.5 Å². The number of aryl methyl sites for hydroxylation is 1. The molecule has 1 amide bonds. The van der Waals surface area contributed by atoms with E-state index in [0.717, 1.165) is 44.2 Å². The number of hydrogen-bond donors (Lipinski definition) is 3. The number of Topliss-reactive ketones (excluding diaryl/α,β-unsaturated/α-hetero) is 1. The molecule has 1 heterocycles. The number of fused-ring (bicyclic) bond motifs is 1. The Morgan fingerprint density at radius 3 is 2.33 bits per heavy atom. The summed E-state index contributed by atoms with van der Waals surface area (Å²) < 4.78 is 0. The minimum atomic E-state index is -1.20. The highest BCUT2D eigenvalue weighted by atomic mass is 16.4. The zero-order valence-corrected chi connectivity index (χ0v) is 14.0. The Labute approximate surface area is 141 Å². The number of H-pyrrole nitrogens is 1. The van der Waals surface area contributed by atoms with Gasteiger partial charge in [-0.25, -0.2) is 4.79 Å². The molecule has 24 heavy (non-hydrogen) atoms. The molecule has 0 aromatic carbocycles. The third-order valence-electron chi connectivity index (χ3n) is 5.38. The summed E-state index contributed by atoms with van der Waals surface area (Å²) in [5.41, 5.74) is 1.20. The molecular weight excluding hydrogens is 308 g/mol. The molecule has 2 aliphatic carbocycles. The third-order valence-corrected chi connectivity index (χ3v) is 5.38. The first-order valence-electron chi connectivity index (χ1n) is 8.75. The smallest absolute Gasteiger partial charge is 0.329 e. The van der Waals surface area contributed by atoms with Crippen molar-refractivity contribution < 1.29 is 19.5 Å². The number of aliphatic carboxylic acids is 1. The van der Waals surface area contributed by atoms with E-state index < -0.39 is 17.4 Å². The minimum absolute atomic E-state index is 0.0615. The predicted molar refractivity (Wildman–Crippen MR) is 88.3 cm³/mol. The van der Waals surface area contributed by atoms with Crippen molar-refractivity contribution in [2.45, 2.75) is 70.3 Å². The van der Waals surface area contributed by atoms with Gasteiger partial charge in [-0.1, -0.05) is 25.7 Å². The number of aromatic nitrogens is 1. The molecule has 130 valence electrons. The Kier molecular flexibility index (Phi) is 4.47. The Bertz CT molecular complexity index is 681. The number of amides is 1. The van der Waals surface area contributed by atoms with Crippen molar-refractivity contribution in [2.75, 3.05) is 0 Å². The predicted octanol–water partition coefficient (Wildman–Crippen LogP) is 2.75.